The van der Waals surface area contributed by atoms with Crippen LogP contribution in [0.5, 0.6) is 0 Å². The molecule has 2 aromatic rings. The molecule has 1 aliphatic heterocycles. The highest BCUT2D eigenvalue weighted by Crippen LogP contribution is 2.22. The molecule has 0 unspecified atom stereocenters. The van der Waals surface area contributed by atoms with E-state index in [1.807, 2.05) is 0 Å². The van der Waals surface area contributed by atoms with E-state index >= 15 is 0 Å². The van der Waals surface area contributed by atoms with Crippen molar-refractivity contribution in [1.29, 1.82) is 0 Å². The summed E-state index contributed by atoms with van der Waals surface area (Å²) >= 11 is 0. The summed E-state index contributed by atoms with van der Waals surface area (Å²) in [5.41, 5.74) is 0.00492. The average Bonchev–Trinajstić information content (AvgIpc) is 3.02. The summed E-state index contributed by atoms with van der Waals surface area (Å²) in [5.74, 6) is -4.92. The van der Waals surface area contributed by atoms with Crippen molar-refractivity contribution in [2.24, 2.45) is 0 Å². The predicted molar refractivity (Wildman–Crippen MR) is 107 cm³/mol. The zero-order valence-electron chi connectivity index (χ0n) is 16.1. The molecule has 0 radical (unpaired) electrons. The number of amides is 1. The second-order valence-corrected chi connectivity index (χ2v) is 8.91. The smallest absolute Gasteiger partial charge is 0.243 e. The number of carbonyl (C=O) groups excluding carboxylic acids is 1. The van der Waals surface area contributed by atoms with Crippen molar-refractivity contribution in [2.45, 2.75) is 30.6 Å². The molecule has 0 bridgehead atoms. The normalized spacial score (nSPS) is 15.4. The van der Waals surface area contributed by atoms with Crippen LogP contribution in [0.4, 0.5) is 24.5 Å². The van der Waals surface area contributed by atoms with E-state index < -0.39 is 39.9 Å². The zero-order valence-corrected chi connectivity index (χ0v) is 16.9. The van der Waals surface area contributed by atoms with Gasteiger partial charge in [0.1, 0.15) is 0 Å². The number of hydrogen-bond acceptors (Lipinski definition) is 4. The molecular formula is C20H22F3N3O3S. The highest BCUT2D eigenvalue weighted by atomic mass is 32.2. The molecule has 1 aliphatic rings. The lowest BCUT2D eigenvalue weighted by molar-refractivity contribution is -0.114. The maximum absolute atomic E-state index is 13.6. The third-order valence-corrected chi connectivity index (χ3v) is 6.73. The fraction of sp³-hybridized carbons (Fsp3) is 0.350. The monoisotopic (exact) mass is 441 g/mol. The minimum atomic E-state index is -3.59. The van der Waals surface area contributed by atoms with Crippen LogP contribution in [0, 0.1) is 17.5 Å². The second kappa shape index (κ2) is 9.48. The maximum atomic E-state index is 13.6. The van der Waals surface area contributed by atoms with E-state index in [1.54, 1.807) is 0 Å². The summed E-state index contributed by atoms with van der Waals surface area (Å²) in [6.07, 6.45) is 3.69. The van der Waals surface area contributed by atoms with Crippen LogP contribution in [0.1, 0.15) is 25.7 Å². The minimum absolute atomic E-state index is 0.143. The molecule has 0 atom stereocenters. The van der Waals surface area contributed by atoms with E-state index in [1.165, 1.54) is 28.6 Å². The first-order valence-corrected chi connectivity index (χ1v) is 11.0. The molecule has 0 aromatic heterocycles. The Hall–Kier alpha value is -2.59. The first kappa shape index (κ1) is 22.1. The number of rotatable bonds is 6. The molecule has 0 saturated carbocycles. The van der Waals surface area contributed by atoms with Crippen molar-refractivity contribution in [3.8, 4) is 0 Å². The van der Waals surface area contributed by atoms with Crippen molar-refractivity contribution >= 4 is 27.3 Å². The SMILES string of the molecule is O=C(CNc1ccc(F)c(F)c1F)Nc1ccc(S(=O)(=O)N2CCCCCC2)cc1. The van der Waals surface area contributed by atoms with Gasteiger partial charge >= 0.3 is 0 Å². The van der Waals surface area contributed by atoms with Gasteiger partial charge < -0.3 is 10.6 Å². The Morgan fingerprint density at radius 3 is 2.17 bits per heavy atom. The van der Waals surface area contributed by atoms with Gasteiger partial charge in [-0.3, -0.25) is 4.79 Å². The minimum Gasteiger partial charge on any atom is -0.374 e. The summed E-state index contributed by atoms with van der Waals surface area (Å²) in [7, 11) is -3.59. The molecule has 1 heterocycles. The summed E-state index contributed by atoms with van der Waals surface area (Å²) in [4.78, 5) is 12.2. The van der Waals surface area contributed by atoms with Gasteiger partial charge in [-0.2, -0.15) is 4.31 Å². The lowest BCUT2D eigenvalue weighted by Gasteiger charge is -2.20. The molecule has 1 fully saturated rings. The van der Waals surface area contributed by atoms with Gasteiger partial charge in [-0.25, -0.2) is 21.6 Å². The summed E-state index contributed by atoms with van der Waals surface area (Å²) in [5, 5.41) is 4.91. The Labute approximate surface area is 173 Å². The van der Waals surface area contributed by atoms with E-state index in [-0.39, 0.29) is 10.6 Å². The number of benzene rings is 2. The molecule has 3 rings (SSSR count). The van der Waals surface area contributed by atoms with E-state index in [2.05, 4.69) is 10.6 Å². The van der Waals surface area contributed by atoms with E-state index in [0.717, 1.165) is 37.8 Å². The van der Waals surface area contributed by atoms with Crippen molar-refractivity contribution in [3.05, 3.63) is 53.8 Å². The van der Waals surface area contributed by atoms with Crippen LogP contribution in [0.15, 0.2) is 41.3 Å². The zero-order chi connectivity index (χ0) is 21.7. The standard InChI is InChI=1S/C20H22F3N3O3S/c21-16-9-10-17(20(23)19(16)22)24-13-18(27)25-14-5-7-15(8-6-14)30(28,29)26-11-3-1-2-4-12-26/h5-10,24H,1-4,11-13H2,(H,25,27). The van der Waals surface area contributed by atoms with Gasteiger partial charge in [-0.15, -0.1) is 0 Å². The van der Waals surface area contributed by atoms with Crippen LogP contribution in [-0.4, -0.2) is 38.3 Å². The molecule has 1 saturated heterocycles. The Kier molecular flexibility index (Phi) is 6.99. The van der Waals surface area contributed by atoms with E-state index in [4.69, 9.17) is 0 Å². The molecule has 2 N–H and O–H groups in total. The molecule has 10 heteroatoms. The number of sulfonamides is 1. The largest absolute Gasteiger partial charge is 0.374 e. The molecule has 1 amide bonds. The Morgan fingerprint density at radius 2 is 1.53 bits per heavy atom. The molecule has 0 aliphatic carbocycles. The van der Waals surface area contributed by atoms with Gasteiger partial charge in [0.25, 0.3) is 0 Å². The maximum Gasteiger partial charge on any atom is 0.243 e. The van der Waals surface area contributed by atoms with Crippen LogP contribution in [-0.2, 0) is 14.8 Å². The third kappa shape index (κ3) is 5.11. The quantitative estimate of drug-likeness (QED) is 0.670. The Morgan fingerprint density at radius 1 is 0.900 bits per heavy atom. The van der Waals surface area contributed by atoms with Gasteiger partial charge in [0.15, 0.2) is 17.5 Å². The number of nitrogens with one attached hydrogen (secondary N) is 2. The average molecular weight is 441 g/mol. The Bertz CT molecular complexity index is 1010. The molecule has 2 aromatic carbocycles. The number of nitrogens with zero attached hydrogens (tertiary/aromatic N) is 1. The van der Waals surface area contributed by atoms with Gasteiger partial charge in [0.2, 0.25) is 15.9 Å². The van der Waals surface area contributed by atoms with Gasteiger partial charge in [0, 0.05) is 18.8 Å². The van der Waals surface area contributed by atoms with Crippen LogP contribution in [0.2, 0.25) is 0 Å². The second-order valence-electron chi connectivity index (χ2n) is 6.97. The van der Waals surface area contributed by atoms with Crippen LogP contribution in [0.25, 0.3) is 0 Å². The van der Waals surface area contributed by atoms with Gasteiger partial charge in [-0.1, -0.05) is 12.8 Å². The predicted octanol–water partition coefficient (Wildman–Crippen LogP) is 3.72. The summed E-state index contributed by atoms with van der Waals surface area (Å²) in [6.45, 7) is 0.593. The van der Waals surface area contributed by atoms with E-state index in [9.17, 15) is 26.4 Å². The van der Waals surface area contributed by atoms with Crippen molar-refractivity contribution in [2.75, 3.05) is 30.3 Å². The lowest BCUT2D eigenvalue weighted by atomic mass is 10.2. The first-order valence-electron chi connectivity index (χ1n) is 9.56. The highest BCUT2D eigenvalue weighted by Gasteiger charge is 2.25. The number of anilines is 2. The van der Waals surface area contributed by atoms with E-state index in [0.29, 0.717) is 18.8 Å². The third-order valence-electron chi connectivity index (χ3n) is 4.82. The first-order chi connectivity index (χ1) is 14.3. The van der Waals surface area contributed by atoms with Crippen molar-refractivity contribution in [1.82, 2.24) is 4.31 Å². The Balaban J connectivity index is 1.60. The number of carbonyl (C=O) groups is 1. The summed E-state index contributed by atoms with van der Waals surface area (Å²) in [6, 6.07) is 7.49. The van der Waals surface area contributed by atoms with Gasteiger partial charge in [0.05, 0.1) is 17.1 Å². The lowest BCUT2D eigenvalue weighted by Crippen LogP contribution is -2.31. The van der Waals surface area contributed by atoms with Crippen molar-refractivity contribution in [3.63, 3.8) is 0 Å². The topological polar surface area (TPSA) is 78.5 Å². The summed E-state index contributed by atoms with van der Waals surface area (Å²) < 4.78 is 66.7. The molecule has 6 nitrogen and oxygen atoms in total. The van der Waals surface area contributed by atoms with Crippen LogP contribution >= 0.6 is 0 Å². The molecule has 162 valence electrons. The van der Waals surface area contributed by atoms with Crippen molar-refractivity contribution < 1.29 is 26.4 Å². The highest BCUT2D eigenvalue weighted by molar-refractivity contribution is 7.89. The van der Waals surface area contributed by atoms with Crippen LogP contribution in [0.3, 0.4) is 0 Å². The molecule has 30 heavy (non-hydrogen) atoms. The molecular weight excluding hydrogens is 419 g/mol. The number of hydrogen-bond donors (Lipinski definition) is 2. The van der Waals surface area contributed by atoms with Gasteiger partial charge in [-0.05, 0) is 49.2 Å². The number of halogens is 3. The van der Waals surface area contributed by atoms with Crippen LogP contribution < -0.4 is 10.6 Å². The fourth-order valence-corrected chi connectivity index (χ4v) is 4.70. The fourth-order valence-electron chi connectivity index (χ4n) is 3.18. The molecule has 0 spiro atoms.